The molecule has 76 valence electrons. The average Bonchev–Trinajstić information content (AvgIpc) is 2.17. The first kappa shape index (κ1) is 10.7. The van der Waals surface area contributed by atoms with Crippen LogP contribution in [-0.4, -0.2) is 52.8 Å². The van der Waals surface area contributed by atoms with E-state index in [1.165, 1.54) is 7.11 Å². The van der Waals surface area contributed by atoms with Crippen molar-refractivity contribution >= 4 is 16.7 Å². The van der Waals surface area contributed by atoms with Crippen LogP contribution < -0.4 is 0 Å². The van der Waals surface area contributed by atoms with Gasteiger partial charge in [0.15, 0.2) is 0 Å². The predicted molar refractivity (Wildman–Crippen MR) is 50.9 cm³/mol. The van der Waals surface area contributed by atoms with Gasteiger partial charge in [0.25, 0.3) is 5.91 Å². The lowest BCUT2D eigenvalue weighted by Crippen LogP contribution is -2.46. The number of hydrogen-bond donors (Lipinski definition) is 0. The van der Waals surface area contributed by atoms with Crippen molar-refractivity contribution < 1.29 is 13.7 Å². The standard InChI is InChI=1S/C8H15NO3S/c1-7(12-2)8(10)9-3-5-13(11)6-4-9/h7H,3-6H2,1-2H3. The highest BCUT2D eigenvalue weighted by molar-refractivity contribution is 7.85. The lowest BCUT2D eigenvalue weighted by molar-refractivity contribution is -0.140. The highest BCUT2D eigenvalue weighted by atomic mass is 32.2. The molecule has 0 aromatic heterocycles. The van der Waals surface area contributed by atoms with Crippen LogP contribution in [0.3, 0.4) is 0 Å². The van der Waals surface area contributed by atoms with Crippen LogP contribution >= 0.6 is 0 Å². The molecule has 4 nitrogen and oxygen atoms in total. The van der Waals surface area contributed by atoms with Crippen LogP contribution in [0.5, 0.6) is 0 Å². The fourth-order valence-corrected chi connectivity index (χ4v) is 2.27. The smallest absolute Gasteiger partial charge is 0.251 e. The minimum absolute atomic E-state index is 0.000741. The van der Waals surface area contributed by atoms with Crippen molar-refractivity contribution in [1.82, 2.24) is 4.90 Å². The van der Waals surface area contributed by atoms with E-state index >= 15 is 0 Å². The van der Waals surface area contributed by atoms with E-state index in [-0.39, 0.29) is 12.0 Å². The van der Waals surface area contributed by atoms with Gasteiger partial charge in [0.05, 0.1) is 0 Å². The van der Waals surface area contributed by atoms with Gasteiger partial charge in [-0.3, -0.25) is 9.00 Å². The summed E-state index contributed by atoms with van der Waals surface area (Å²) < 4.78 is 15.9. The number of hydrogen-bond acceptors (Lipinski definition) is 3. The Morgan fingerprint density at radius 3 is 2.46 bits per heavy atom. The zero-order chi connectivity index (χ0) is 9.84. The second-order valence-electron chi connectivity index (χ2n) is 3.05. The van der Waals surface area contributed by atoms with Gasteiger partial charge in [-0.05, 0) is 6.92 Å². The summed E-state index contributed by atoms with van der Waals surface area (Å²) in [6, 6.07) is 0. The number of nitrogens with zero attached hydrogens (tertiary/aromatic N) is 1. The number of rotatable bonds is 2. The minimum atomic E-state index is -0.727. The van der Waals surface area contributed by atoms with E-state index < -0.39 is 10.8 Å². The summed E-state index contributed by atoms with van der Waals surface area (Å²) >= 11 is 0. The summed E-state index contributed by atoms with van der Waals surface area (Å²) in [6.45, 7) is 2.92. The quantitative estimate of drug-likeness (QED) is 0.617. The van der Waals surface area contributed by atoms with Crippen LogP contribution in [0.25, 0.3) is 0 Å². The second kappa shape index (κ2) is 4.72. The van der Waals surface area contributed by atoms with Crippen molar-refractivity contribution in [2.45, 2.75) is 13.0 Å². The summed E-state index contributed by atoms with van der Waals surface area (Å²) in [6.07, 6.45) is -0.383. The molecule has 0 radical (unpaired) electrons. The average molecular weight is 205 g/mol. The van der Waals surface area contributed by atoms with E-state index in [0.29, 0.717) is 24.6 Å². The highest BCUT2D eigenvalue weighted by Gasteiger charge is 2.23. The Balaban J connectivity index is 2.44. The summed E-state index contributed by atoms with van der Waals surface area (Å²) in [4.78, 5) is 13.3. The third-order valence-electron chi connectivity index (χ3n) is 2.19. The van der Waals surface area contributed by atoms with Gasteiger partial charge >= 0.3 is 0 Å². The van der Waals surface area contributed by atoms with Crippen molar-refractivity contribution in [3.05, 3.63) is 0 Å². The monoisotopic (exact) mass is 205 g/mol. The fraction of sp³-hybridized carbons (Fsp3) is 0.875. The van der Waals surface area contributed by atoms with E-state index in [0.717, 1.165) is 0 Å². The van der Waals surface area contributed by atoms with Gasteiger partial charge in [-0.15, -0.1) is 0 Å². The molecule has 1 fully saturated rings. The Hall–Kier alpha value is -0.420. The first-order chi connectivity index (χ1) is 6.15. The van der Waals surface area contributed by atoms with Crippen molar-refractivity contribution in [3.8, 4) is 0 Å². The summed E-state index contributed by atoms with van der Waals surface area (Å²) in [5.41, 5.74) is 0. The van der Waals surface area contributed by atoms with Crippen molar-refractivity contribution in [1.29, 1.82) is 0 Å². The van der Waals surface area contributed by atoms with Gasteiger partial charge in [0, 0.05) is 42.5 Å². The van der Waals surface area contributed by atoms with E-state index in [4.69, 9.17) is 4.74 Å². The Bertz CT molecular complexity index is 209. The molecule has 0 spiro atoms. The van der Waals surface area contributed by atoms with Crippen LogP contribution in [0.15, 0.2) is 0 Å². The van der Waals surface area contributed by atoms with Crippen LogP contribution in [0.4, 0.5) is 0 Å². The number of amides is 1. The maximum atomic E-state index is 11.5. The highest BCUT2D eigenvalue weighted by Crippen LogP contribution is 2.04. The SMILES string of the molecule is COC(C)C(=O)N1CCS(=O)CC1. The van der Waals surface area contributed by atoms with Gasteiger partial charge in [-0.1, -0.05) is 0 Å². The topological polar surface area (TPSA) is 46.6 Å². The Morgan fingerprint density at radius 2 is 2.00 bits per heavy atom. The summed E-state index contributed by atoms with van der Waals surface area (Å²) in [7, 11) is 0.791. The van der Waals surface area contributed by atoms with Gasteiger partial charge in [-0.25, -0.2) is 0 Å². The molecule has 1 aliphatic heterocycles. The molecule has 1 unspecified atom stereocenters. The van der Waals surface area contributed by atoms with E-state index in [2.05, 4.69) is 0 Å². The molecule has 1 amide bonds. The number of ether oxygens (including phenoxy) is 1. The zero-order valence-electron chi connectivity index (χ0n) is 7.99. The molecule has 0 aromatic carbocycles. The molecule has 1 atom stereocenters. The van der Waals surface area contributed by atoms with Crippen LogP contribution in [-0.2, 0) is 20.3 Å². The summed E-state index contributed by atoms with van der Waals surface area (Å²) in [5, 5.41) is 0. The van der Waals surface area contributed by atoms with E-state index in [1.54, 1.807) is 11.8 Å². The normalized spacial score (nSPS) is 21.5. The van der Waals surface area contributed by atoms with E-state index in [9.17, 15) is 9.00 Å². The number of methoxy groups -OCH3 is 1. The molecule has 1 saturated heterocycles. The number of carbonyl (C=O) groups is 1. The molecular formula is C8H15NO3S. The lowest BCUT2D eigenvalue weighted by Gasteiger charge is -2.28. The van der Waals surface area contributed by atoms with Gasteiger partial charge < -0.3 is 9.64 Å². The Kier molecular flexibility index (Phi) is 3.87. The third kappa shape index (κ3) is 2.77. The van der Waals surface area contributed by atoms with Gasteiger partial charge in [-0.2, -0.15) is 0 Å². The first-order valence-electron chi connectivity index (χ1n) is 4.31. The predicted octanol–water partition coefficient (Wildman–Crippen LogP) is -0.388. The molecule has 5 heteroatoms. The van der Waals surface area contributed by atoms with Gasteiger partial charge in [0.1, 0.15) is 6.10 Å². The largest absolute Gasteiger partial charge is 0.372 e. The fourth-order valence-electron chi connectivity index (χ4n) is 1.22. The molecule has 0 bridgehead atoms. The molecule has 1 aliphatic rings. The van der Waals surface area contributed by atoms with Crippen LogP contribution in [0.1, 0.15) is 6.92 Å². The molecule has 0 N–H and O–H groups in total. The first-order valence-corrected chi connectivity index (χ1v) is 5.80. The maximum Gasteiger partial charge on any atom is 0.251 e. The minimum Gasteiger partial charge on any atom is -0.372 e. The van der Waals surface area contributed by atoms with Crippen molar-refractivity contribution in [2.75, 3.05) is 31.7 Å². The van der Waals surface area contributed by atoms with Crippen LogP contribution in [0, 0.1) is 0 Å². The Labute approximate surface area is 80.7 Å². The van der Waals surface area contributed by atoms with Crippen molar-refractivity contribution in [2.24, 2.45) is 0 Å². The maximum absolute atomic E-state index is 11.5. The van der Waals surface area contributed by atoms with Gasteiger partial charge in [0.2, 0.25) is 0 Å². The number of carbonyl (C=O) groups excluding carboxylic acids is 1. The third-order valence-corrected chi connectivity index (χ3v) is 3.47. The molecule has 13 heavy (non-hydrogen) atoms. The molecule has 1 rings (SSSR count). The molecule has 0 saturated carbocycles. The van der Waals surface area contributed by atoms with Crippen LogP contribution in [0.2, 0.25) is 0 Å². The Morgan fingerprint density at radius 1 is 1.46 bits per heavy atom. The second-order valence-corrected chi connectivity index (χ2v) is 4.75. The lowest BCUT2D eigenvalue weighted by atomic mass is 10.3. The van der Waals surface area contributed by atoms with Crippen molar-refractivity contribution in [3.63, 3.8) is 0 Å². The zero-order valence-corrected chi connectivity index (χ0v) is 8.80. The molecule has 0 aromatic rings. The molecule has 0 aliphatic carbocycles. The van der Waals surface area contributed by atoms with E-state index in [1.807, 2.05) is 0 Å². The molecular weight excluding hydrogens is 190 g/mol. The molecule has 1 heterocycles. The summed E-state index contributed by atoms with van der Waals surface area (Å²) in [5.74, 6) is 1.20.